The lowest BCUT2D eigenvalue weighted by molar-refractivity contribution is -0.0549. The average Bonchev–Trinajstić information content (AvgIpc) is 1.58. The molecule has 0 aromatic rings. The Morgan fingerprint density at radius 1 is 0.889 bits per heavy atom. The van der Waals surface area contributed by atoms with Crippen molar-refractivity contribution < 1.29 is 0 Å². The van der Waals surface area contributed by atoms with Gasteiger partial charge in [0.1, 0.15) is 0 Å². The highest BCUT2D eigenvalue weighted by molar-refractivity contribution is 5.00. The highest BCUT2D eigenvalue weighted by Gasteiger charge is 2.49. The summed E-state index contributed by atoms with van der Waals surface area (Å²) in [5, 5.41) is 0. The van der Waals surface area contributed by atoms with Gasteiger partial charge in [0, 0.05) is 0 Å². The lowest BCUT2D eigenvalue weighted by atomic mass is 9.49. The fourth-order valence-electron chi connectivity index (χ4n) is 3.17. The zero-order valence-electron chi connectivity index (χ0n) is 6.48. The van der Waals surface area contributed by atoms with Crippen LogP contribution >= 0.6 is 0 Å². The van der Waals surface area contributed by atoms with Crippen LogP contribution in [0.1, 0.15) is 39.5 Å². The molecule has 1 spiro atoms. The zero-order valence-corrected chi connectivity index (χ0v) is 6.48. The summed E-state index contributed by atoms with van der Waals surface area (Å²) in [5.74, 6) is 2.11. The lowest BCUT2D eigenvalue weighted by Crippen LogP contribution is -2.45. The second kappa shape index (κ2) is 1.53. The minimum atomic E-state index is 0.888. The molecule has 0 heterocycles. The number of hydrogen-bond donors (Lipinski definition) is 0. The summed E-state index contributed by atoms with van der Waals surface area (Å²) in [6.07, 6.45) is 6.16. The third-order valence-electron chi connectivity index (χ3n) is 3.13. The van der Waals surface area contributed by atoms with Gasteiger partial charge in [-0.2, -0.15) is 0 Å². The molecule has 0 saturated heterocycles. The maximum Gasteiger partial charge on any atom is -0.0287 e. The molecule has 0 bridgehead atoms. The van der Waals surface area contributed by atoms with Crippen LogP contribution in [-0.4, -0.2) is 0 Å². The Kier molecular flexibility index (Phi) is 0.980. The molecule has 0 aromatic carbocycles. The van der Waals surface area contributed by atoms with Crippen LogP contribution in [0.3, 0.4) is 0 Å². The highest BCUT2D eigenvalue weighted by atomic mass is 14.5. The molecule has 0 atom stereocenters. The Morgan fingerprint density at radius 2 is 1.22 bits per heavy atom. The summed E-state index contributed by atoms with van der Waals surface area (Å²) in [6, 6.07) is 0. The Morgan fingerprint density at radius 3 is 1.44 bits per heavy atom. The van der Waals surface area contributed by atoms with Crippen molar-refractivity contribution in [2.24, 2.45) is 17.3 Å². The molecule has 2 saturated carbocycles. The Labute approximate surface area is 57.6 Å². The summed E-state index contributed by atoms with van der Waals surface area (Å²) in [5.41, 5.74) is 0.888. The van der Waals surface area contributed by atoms with Crippen LogP contribution in [0.5, 0.6) is 0 Å². The molecule has 0 N–H and O–H groups in total. The van der Waals surface area contributed by atoms with Gasteiger partial charge in [-0.3, -0.25) is 0 Å². The van der Waals surface area contributed by atoms with E-state index in [1.54, 1.807) is 0 Å². The largest absolute Gasteiger partial charge is 0.0625 e. The molecule has 0 aromatic heterocycles. The van der Waals surface area contributed by atoms with Gasteiger partial charge in [0.2, 0.25) is 0 Å². The first-order valence-corrected chi connectivity index (χ1v) is 4.20. The molecule has 2 rings (SSSR count). The molecule has 0 unspecified atom stereocenters. The molecular weight excluding hydrogens is 108 g/mol. The molecule has 2 fully saturated rings. The monoisotopic (exact) mass is 124 g/mol. The van der Waals surface area contributed by atoms with Crippen LogP contribution < -0.4 is 0 Å². The van der Waals surface area contributed by atoms with Crippen LogP contribution in [0.25, 0.3) is 0 Å². The molecule has 0 heteroatoms. The van der Waals surface area contributed by atoms with E-state index in [1.807, 2.05) is 0 Å². The van der Waals surface area contributed by atoms with Gasteiger partial charge in [0.15, 0.2) is 0 Å². The van der Waals surface area contributed by atoms with Gasteiger partial charge in [0.05, 0.1) is 0 Å². The van der Waals surface area contributed by atoms with E-state index in [4.69, 9.17) is 0 Å². The van der Waals surface area contributed by atoms with Gasteiger partial charge in [-0.05, 0) is 42.9 Å². The topological polar surface area (TPSA) is 0 Å². The van der Waals surface area contributed by atoms with Gasteiger partial charge in [0.25, 0.3) is 0 Å². The minimum Gasteiger partial charge on any atom is -0.0625 e. The van der Waals surface area contributed by atoms with Crippen LogP contribution in [0, 0.1) is 17.3 Å². The summed E-state index contributed by atoms with van der Waals surface area (Å²) in [4.78, 5) is 0. The van der Waals surface area contributed by atoms with Gasteiger partial charge in [-0.15, -0.1) is 0 Å². The summed E-state index contributed by atoms with van der Waals surface area (Å²) in [7, 11) is 0. The summed E-state index contributed by atoms with van der Waals surface area (Å²) >= 11 is 0. The van der Waals surface area contributed by atoms with E-state index in [0.29, 0.717) is 0 Å². The maximum absolute atomic E-state index is 2.38. The maximum atomic E-state index is 2.38. The Balaban J connectivity index is 1.87. The third-order valence-corrected chi connectivity index (χ3v) is 3.13. The number of hydrogen-bond acceptors (Lipinski definition) is 0. The first-order chi connectivity index (χ1) is 4.20. The molecule has 2 aliphatic carbocycles. The van der Waals surface area contributed by atoms with E-state index in [1.165, 1.54) is 25.7 Å². The molecule has 0 nitrogen and oxygen atoms in total. The van der Waals surface area contributed by atoms with Crippen molar-refractivity contribution in [1.29, 1.82) is 0 Å². The van der Waals surface area contributed by atoms with Crippen molar-refractivity contribution in [3.63, 3.8) is 0 Å². The smallest absolute Gasteiger partial charge is 0.0287 e. The molecule has 0 radical (unpaired) electrons. The second-order valence-electron chi connectivity index (χ2n) is 4.53. The van der Waals surface area contributed by atoms with Crippen molar-refractivity contribution >= 4 is 0 Å². The van der Waals surface area contributed by atoms with Gasteiger partial charge < -0.3 is 0 Å². The van der Waals surface area contributed by atoms with E-state index in [9.17, 15) is 0 Å². The van der Waals surface area contributed by atoms with Crippen molar-refractivity contribution in [3.05, 3.63) is 0 Å². The number of rotatable bonds is 0. The van der Waals surface area contributed by atoms with Crippen molar-refractivity contribution in [2.75, 3.05) is 0 Å². The fraction of sp³-hybridized carbons (Fsp3) is 1.00. The highest BCUT2D eigenvalue weighted by Crippen LogP contribution is 2.60. The third kappa shape index (κ3) is 0.720. The summed E-state index contributed by atoms with van der Waals surface area (Å²) in [6.45, 7) is 4.77. The van der Waals surface area contributed by atoms with E-state index in [-0.39, 0.29) is 0 Å². The van der Waals surface area contributed by atoms with Crippen molar-refractivity contribution in [1.82, 2.24) is 0 Å². The molecule has 2 aliphatic rings. The van der Waals surface area contributed by atoms with Crippen LogP contribution in [0.2, 0.25) is 0 Å². The molecule has 52 valence electrons. The standard InChI is InChI=1S/C9H16/c1-7-3-9(4-7)5-8(2)6-9/h7-8H,3-6H2,1-2H3. The normalized spacial score (nSPS) is 56.7. The Hall–Kier alpha value is 0. The lowest BCUT2D eigenvalue weighted by Gasteiger charge is -2.56. The van der Waals surface area contributed by atoms with E-state index >= 15 is 0 Å². The average molecular weight is 124 g/mol. The predicted octanol–water partition coefficient (Wildman–Crippen LogP) is 2.83. The van der Waals surface area contributed by atoms with Crippen LogP contribution in [0.4, 0.5) is 0 Å². The SMILES string of the molecule is CC1CC2(C1)CC(C)C2. The quantitative estimate of drug-likeness (QED) is 0.466. The van der Waals surface area contributed by atoms with Crippen LogP contribution in [-0.2, 0) is 0 Å². The molecule has 0 amide bonds. The first kappa shape index (κ1) is 5.76. The molecular formula is C9H16. The second-order valence-corrected chi connectivity index (χ2v) is 4.53. The Bertz CT molecular complexity index is 94.5. The van der Waals surface area contributed by atoms with Gasteiger partial charge in [-0.25, -0.2) is 0 Å². The molecule has 9 heavy (non-hydrogen) atoms. The fourth-order valence-corrected chi connectivity index (χ4v) is 3.17. The summed E-state index contributed by atoms with van der Waals surface area (Å²) < 4.78 is 0. The molecule has 0 aliphatic heterocycles. The van der Waals surface area contributed by atoms with Crippen LogP contribution in [0.15, 0.2) is 0 Å². The first-order valence-electron chi connectivity index (χ1n) is 4.20. The predicted molar refractivity (Wildman–Crippen MR) is 39.2 cm³/mol. The van der Waals surface area contributed by atoms with E-state index < -0.39 is 0 Å². The van der Waals surface area contributed by atoms with E-state index in [0.717, 1.165) is 17.3 Å². The zero-order chi connectivity index (χ0) is 6.48. The van der Waals surface area contributed by atoms with Crippen molar-refractivity contribution in [2.45, 2.75) is 39.5 Å². The van der Waals surface area contributed by atoms with Gasteiger partial charge in [-0.1, -0.05) is 13.8 Å². The van der Waals surface area contributed by atoms with E-state index in [2.05, 4.69) is 13.8 Å². The van der Waals surface area contributed by atoms with Gasteiger partial charge >= 0.3 is 0 Å². The van der Waals surface area contributed by atoms with Crippen molar-refractivity contribution in [3.8, 4) is 0 Å². The minimum absolute atomic E-state index is 0.888.